The van der Waals surface area contributed by atoms with Crippen LogP contribution in [0.4, 0.5) is 0 Å². The van der Waals surface area contributed by atoms with Gasteiger partial charge in [-0.2, -0.15) is 0 Å². The number of hydrogen-bond acceptors (Lipinski definition) is 10. The summed E-state index contributed by atoms with van der Waals surface area (Å²) in [6, 6.07) is -3.54. The first-order valence-corrected chi connectivity index (χ1v) is 19.1. The fourth-order valence-electron chi connectivity index (χ4n) is 7.82. The second-order valence-corrected chi connectivity index (χ2v) is 15.4. The lowest BCUT2D eigenvalue weighted by atomic mass is 9.82. The molecular weight excluding hydrogens is 682 g/mol. The van der Waals surface area contributed by atoms with E-state index in [0.717, 1.165) is 12.8 Å². The Hall–Kier alpha value is -3.26. The van der Waals surface area contributed by atoms with E-state index in [2.05, 4.69) is 15.3 Å². The van der Waals surface area contributed by atoms with Gasteiger partial charge in [-0.15, -0.1) is 0 Å². The van der Waals surface area contributed by atoms with E-state index in [4.69, 9.17) is 14.2 Å². The van der Waals surface area contributed by atoms with Crippen molar-refractivity contribution in [3.05, 3.63) is 10.4 Å². The number of methoxy groups -OCH3 is 3. The predicted molar refractivity (Wildman–Crippen MR) is 204 cm³/mol. The number of likely N-dealkylation sites (N-methyl/N-ethyl adjacent to an activating group) is 2. The fraction of sp³-hybridized carbons (Fsp3) is 0.868. The molecule has 1 rings (SSSR count). The Morgan fingerprint density at radius 1 is 0.925 bits per heavy atom. The molecule has 53 heavy (non-hydrogen) atoms. The molecule has 0 saturated carbocycles. The average molecular weight is 752 g/mol. The highest BCUT2D eigenvalue weighted by atomic mass is 16.5. The van der Waals surface area contributed by atoms with Crippen LogP contribution in [0.25, 0.3) is 10.4 Å². The first-order valence-electron chi connectivity index (χ1n) is 19.1. The molecule has 304 valence electrons. The smallest absolute Gasteiger partial charge is 0.309 e. The van der Waals surface area contributed by atoms with E-state index in [1.165, 1.54) is 26.2 Å². The van der Waals surface area contributed by atoms with Crippen molar-refractivity contribution in [3.8, 4) is 0 Å². The van der Waals surface area contributed by atoms with Crippen LogP contribution in [0.15, 0.2) is 5.11 Å². The minimum absolute atomic E-state index is 0.0269. The van der Waals surface area contributed by atoms with Gasteiger partial charge in [0.1, 0.15) is 11.8 Å². The molecule has 1 N–H and O–H groups in total. The number of ether oxygens (including phenoxy) is 3. The number of likely N-dealkylation sites (tertiary alicyclic amines) is 1. The number of nitrogens with zero attached hydrogens (tertiary/aromatic N) is 6. The lowest BCUT2D eigenvalue weighted by Gasteiger charge is -2.41. The van der Waals surface area contributed by atoms with Gasteiger partial charge in [0.25, 0.3) is 0 Å². The van der Waals surface area contributed by atoms with Crippen molar-refractivity contribution in [2.24, 2.45) is 34.7 Å². The van der Waals surface area contributed by atoms with E-state index < -0.39 is 60.1 Å². The molecule has 0 aromatic heterocycles. The van der Waals surface area contributed by atoms with Crippen molar-refractivity contribution in [3.63, 3.8) is 0 Å². The molecule has 0 bridgehead atoms. The van der Waals surface area contributed by atoms with Gasteiger partial charge in [0, 0.05) is 45.1 Å². The molecule has 0 unspecified atom stereocenters. The summed E-state index contributed by atoms with van der Waals surface area (Å²) in [5.41, 5.74) is 9.24. The summed E-state index contributed by atoms with van der Waals surface area (Å²) < 4.78 is 16.9. The maximum atomic E-state index is 14.3. The van der Waals surface area contributed by atoms with Crippen molar-refractivity contribution in [2.45, 2.75) is 136 Å². The number of azide groups is 1. The Labute approximate surface area is 317 Å². The Bertz CT molecular complexity index is 1250. The normalized spacial score (nSPS) is 20.2. The lowest BCUT2D eigenvalue weighted by Crippen LogP contribution is -2.60. The number of hydrogen-bond donors (Lipinski definition) is 1. The van der Waals surface area contributed by atoms with E-state index in [1.54, 1.807) is 44.8 Å². The van der Waals surface area contributed by atoms with Crippen LogP contribution in [0.1, 0.15) is 93.9 Å². The van der Waals surface area contributed by atoms with Gasteiger partial charge in [0.05, 0.1) is 55.8 Å². The largest absolute Gasteiger partial charge is 0.469 e. The third-order valence-electron chi connectivity index (χ3n) is 11.3. The van der Waals surface area contributed by atoms with Gasteiger partial charge in [-0.1, -0.05) is 73.3 Å². The predicted octanol–water partition coefficient (Wildman–Crippen LogP) is 4.47. The van der Waals surface area contributed by atoms with Gasteiger partial charge in [0.2, 0.25) is 17.7 Å². The number of rotatable bonds is 23. The molecule has 0 radical (unpaired) electrons. The average Bonchev–Trinajstić information content (AvgIpc) is 3.60. The Kier molecular flexibility index (Phi) is 20.6. The fourth-order valence-corrected chi connectivity index (χ4v) is 7.82. The van der Waals surface area contributed by atoms with E-state index in [1.807, 2.05) is 41.5 Å². The SMILES string of the molecule is CC[C@H](C)[C@@H]([C@@H](CC(=O)N1CCC[C@H]1[C@H](OC)[C@@H](C)C(=O)C[C@H](C(=O)OC)[C@@H](C)CC)OC)N(C)C(=O)[C@@H](NC(=O)[C@H](C(C)C)N(C)C)[C@H](C)N=[N+]=[N-]. The maximum absolute atomic E-state index is 14.3. The van der Waals surface area contributed by atoms with Crippen LogP contribution in [-0.2, 0) is 38.2 Å². The highest BCUT2D eigenvalue weighted by molar-refractivity contribution is 5.91. The van der Waals surface area contributed by atoms with Crippen LogP contribution < -0.4 is 5.32 Å². The van der Waals surface area contributed by atoms with Gasteiger partial charge >= 0.3 is 5.97 Å². The van der Waals surface area contributed by atoms with Crippen LogP contribution in [0.2, 0.25) is 0 Å². The third-order valence-corrected chi connectivity index (χ3v) is 11.3. The monoisotopic (exact) mass is 752 g/mol. The van der Waals surface area contributed by atoms with Crippen LogP contribution in [-0.4, -0.2) is 136 Å². The van der Waals surface area contributed by atoms with Crippen LogP contribution >= 0.6 is 0 Å². The number of carbonyl (C=O) groups is 5. The summed E-state index contributed by atoms with van der Waals surface area (Å²) in [6.45, 7) is 15.5. The van der Waals surface area contributed by atoms with E-state index in [9.17, 15) is 29.5 Å². The van der Waals surface area contributed by atoms with Gasteiger partial charge in [-0.05, 0) is 50.2 Å². The first-order chi connectivity index (χ1) is 24.9. The minimum Gasteiger partial charge on any atom is -0.469 e. The zero-order valence-electron chi connectivity index (χ0n) is 34.8. The van der Waals surface area contributed by atoms with E-state index >= 15 is 0 Å². The van der Waals surface area contributed by atoms with Crippen molar-refractivity contribution < 1.29 is 38.2 Å². The molecule has 0 aliphatic carbocycles. The Balaban J connectivity index is 3.38. The van der Waals surface area contributed by atoms with Gasteiger partial charge < -0.3 is 29.3 Å². The number of nitrogens with one attached hydrogen (secondary N) is 1. The molecule has 0 aromatic carbocycles. The highest BCUT2D eigenvalue weighted by Gasteiger charge is 2.44. The van der Waals surface area contributed by atoms with Gasteiger partial charge in [0.15, 0.2) is 0 Å². The van der Waals surface area contributed by atoms with Crippen molar-refractivity contribution in [2.75, 3.05) is 49.0 Å². The minimum atomic E-state index is -1.16. The number of Topliss-reactive ketones (excluding diaryl/α,β-unsaturated/α-hetero) is 1. The maximum Gasteiger partial charge on any atom is 0.309 e. The summed E-state index contributed by atoms with van der Waals surface area (Å²) in [7, 11) is 9.57. The zero-order chi connectivity index (χ0) is 40.7. The summed E-state index contributed by atoms with van der Waals surface area (Å²) in [6.07, 6.45) is 1.41. The van der Waals surface area contributed by atoms with Crippen molar-refractivity contribution in [1.29, 1.82) is 0 Å². The molecule has 0 spiro atoms. The molecule has 0 aromatic rings. The molecule has 1 heterocycles. The first kappa shape index (κ1) is 47.8. The number of amides is 3. The Morgan fingerprint density at radius 2 is 1.53 bits per heavy atom. The van der Waals surface area contributed by atoms with Crippen LogP contribution in [0, 0.1) is 29.6 Å². The molecule has 1 aliphatic heterocycles. The molecule has 1 saturated heterocycles. The summed E-state index contributed by atoms with van der Waals surface area (Å²) >= 11 is 0. The van der Waals surface area contributed by atoms with Crippen LogP contribution in [0.3, 0.4) is 0 Å². The number of ketones is 1. The quantitative estimate of drug-likeness (QED) is 0.0681. The summed E-state index contributed by atoms with van der Waals surface area (Å²) in [5.74, 6) is -2.92. The number of esters is 1. The topological polar surface area (TPSA) is 184 Å². The zero-order valence-corrected chi connectivity index (χ0v) is 34.8. The molecule has 3 amide bonds. The molecular formula is C38H69N7O8. The van der Waals surface area contributed by atoms with Gasteiger partial charge in [-0.3, -0.25) is 28.9 Å². The number of carbonyl (C=O) groups excluding carboxylic acids is 5. The van der Waals surface area contributed by atoms with E-state index in [-0.39, 0.29) is 54.2 Å². The standard InChI is InChI=1S/C38H69N7O8/c1-15-23(5)27(38(50)53-14)20-29(46)25(7)35(52-13)28-18-17-19-45(28)31(47)21-30(51-12)34(24(6)16-2)44(11)37(49)32(26(8)41-42-39)40-36(48)33(22(3)4)43(9)10/h22-28,30,32-35H,15-21H2,1-14H3,(H,40,48)/t23-,24-,25-,26-,27-,28-,30+,32-,33-,34-,35+/m0/s1. The summed E-state index contributed by atoms with van der Waals surface area (Å²) in [4.78, 5) is 76.0. The molecule has 1 fully saturated rings. The van der Waals surface area contributed by atoms with Gasteiger partial charge in [-0.25, -0.2) is 0 Å². The second kappa shape index (κ2) is 22.8. The molecule has 11 atom stereocenters. The highest BCUT2D eigenvalue weighted by Crippen LogP contribution is 2.31. The lowest BCUT2D eigenvalue weighted by molar-refractivity contribution is -0.151. The van der Waals surface area contributed by atoms with Crippen LogP contribution in [0.5, 0.6) is 0 Å². The molecule has 1 aliphatic rings. The Morgan fingerprint density at radius 3 is 2.00 bits per heavy atom. The molecule has 15 heteroatoms. The molecule has 15 nitrogen and oxygen atoms in total. The van der Waals surface area contributed by atoms with Crippen molar-refractivity contribution in [1.82, 2.24) is 20.0 Å². The second-order valence-electron chi connectivity index (χ2n) is 15.4. The summed E-state index contributed by atoms with van der Waals surface area (Å²) in [5, 5.41) is 6.63. The van der Waals surface area contributed by atoms with E-state index in [0.29, 0.717) is 19.4 Å². The van der Waals surface area contributed by atoms with Crippen molar-refractivity contribution >= 4 is 29.5 Å². The third kappa shape index (κ3) is 12.7.